The number of nitrogens with one attached hydrogen (secondary N) is 1. The molecule has 1 saturated heterocycles. The zero-order chi connectivity index (χ0) is 16.9. The van der Waals surface area contributed by atoms with E-state index < -0.39 is 17.7 Å². The number of hydrogen-bond acceptors (Lipinski definition) is 4. The van der Waals surface area contributed by atoms with Crippen molar-refractivity contribution in [3.05, 3.63) is 30.1 Å². The number of hydrogen-bond donors (Lipinski definition) is 1. The van der Waals surface area contributed by atoms with Gasteiger partial charge in [-0.25, -0.2) is 4.79 Å². The highest BCUT2D eigenvalue weighted by Gasteiger charge is 2.29. The molecular weight excluding hydrogens is 326 g/mol. The summed E-state index contributed by atoms with van der Waals surface area (Å²) in [6.07, 6.45) is 5.25. The summed E-state index contributed by atoms with van der Waals surface area (Å²) in [4.78, 5) is 30.5. The monoisotopic (exact) mass is 353 g/mol. The van der Waals surface area contributed by atoms with Crippen LogP contribution in [0.4, 0.5) is 4.79 Å². The molecule has 0 radical (unpaired) electrons. The number of nitrogens with zero attached hydrogens (tertiary/aromatic N) is 2. The van der Waals surface area contributed by atoms with Gasteiger partial charge in [-0.1, -0.05) is 0 Å². The van der Waals surface area contributed by atoms with Crippen molar-refractivity contribution in [3.8, 4) is 0 Å². The third kappa shape index (κ3) is 6.39. The smallest absolute Gasteiger partial charge is 0.408 e. The predicted octanol–water partition coefficient (Wildman–Crippen LogP) is 2.25. The number of alkyl carbamates (subject to hydrolysis) is 1. The van der Waals surface area contributed by atoms with E-state index in [1.165, 1.54) is 0 Å². The first-order valence-electron chi connectivity index (χ1n) is 8.02. The van der Waals surface area contributed by atoms with E-state index in [1.54, 1.807) is 33.2 Å². The van der Waals surface area contributed by atoms with E-state index in [2.05, 4.69) is 10.3 Å². The number of amides is 2. The Morgan fingerprint density at radius 1 is 1.25 bits per heavy atom. The number of aromatic nitrogens is 1. The third-order valence-electron chi connectivity index (χ3n) is 3.60. The van der Waals surface area contributed by atoms with Crippen LogP contribution in [0.15, 0.2) is 24.5 Å². The maximum atomic E-state index is 12.7. The third-order valence-corrected chi connectivity index (χ3v) is 3.60. The Morgan fingerprint density at radius 2 is 1.83 bits per heavy atom. The normalized spacial score (nSPS) is 15.4. The molecule has 0 spiro atoms. The molecule has 0 unspecified atom stereocenters. The summed E-state index contributed by atoms with van der Waals surface area (Å²) in [7, 11) is 0. The molecule has 1 aliphatic rings. The molecule has 24 heavy (non-hydrogen) atoms. The number of pyridine rings is 1. The van der Waals surface area contributed by atoms with Crippen molar-refractivity contribution < 1.29 is 14.3 Å². The van der Waals surface area contributed by atoms with E-state index in [-0.39, 0.29) is 19.4 Å². The molecule has 0 aliphatic carbocycles. The van der Waals surface area contributed by atoms with Gasteiger partial charge in [0.05, 0.1) is 0 Å². The van der Waals surface area contributed by atoms with Gasteiger partial charge in [0, 0.05) is 31.9 Å². The van der Waals surface area contributed by atoms with Crippen LogP contribution < -0.4 is 5.32 Å². The van der Waals surface area contributed by atoms with Gasteiger partial charge in [-0.05, 0) is 51.3 Å². The SMILES string of the molecule is CC(C)(C)OC(=O)N[C@@H](Cc1ccncc1)C(=O)N1CCCC1.S. The fourth-order valence-electron chi connectivity index (χ4n) is 2.56. The second kappa shape index (κ2) is 8.92. The van der Waals surface area contributed by atoms with Crippen LogP contribution in [0, 0.1) is 0 Å². The molecule has 2 rings (SSSR count). The molecule has 134 valence electrons. The summed E-state index contributed by atoms with van der Waals surface area (Å²) in [5.41, 5.74) is 0.357. The van der Waals surface area contributed by atoms with E-state index >= 15 is 0 Å². The van der Waals surface area contributed by atoms with Crippen molar-refractivity contribution in [1.82, 2.24) is 15.2 Å². The quantitative estimate of drug-likeness (QED) is 0.901. The summed E-state index contributed by atoms with van der Waals surface area (Å²) in [5, 5.41) is 2.73. The van der Waals surface area contributed by atoms with Crippen LogP contribution in [-0.4, -0.2) is 46.6 Å². The Hall–Kier alpha value is -1.76. The highest BCUT2D eigenvalue weighted by molar-refractivity contribution is 7.59. The second-order valence-electron chi connectivity index (χ2n) is 6.79. The zero-order valence-corrected chi connectivity index (χ0v) is 15.5. The van der Waals surface area contributed by atoms with Crippen molar-refractivity contribution in [2.24, 2.45) is 0 Å². The molecule has 2 heterocycles. The molecule has 1 aliphatic heterocycles. The minimum absolute atomic E-state index is 0. The first-order valence-corrected chi connectivity index (χ1v) is 8.02. The minimum Gasteiger partial charge on any atom is -0.444 e. The van der Waals surface area contributed by atoms with Gasteiger partial charge in [-0.15, -0.1) is 0 Å². The Labute approximate surface area is 150 Å². The highest BCUT2D eigenvalue weighted by Crippen LogP contribution is 2.13. The molecule has 2 amide bonds. The van der Waals surface area contributed by atoms with Crippen LogP contribution in [0.5, 0.6) is 0 Å². The molecule has 0 aromatic carbocycles. The van der Waals surface area contributed by atoms with Crippen molar-refractivity contribution in [1.29, 1.82) is 0 Å². The highest BCUT2D eigenvalue weighted by atomic mass is 32.1. The van der Waals surface area contributed by atoms with Gasteiger partial charge in [0.25, 0.3) is 0 Å². The number of rotatable bonds is 4. The van der Waals surface area contributed by atoms with Crippen molar-refractivity contribution in [2.75, 3.05) is 13.1 Å². The average molecular weight is 353 g/mol. The summed E-state index contributed by atoms with van der Waals surface area (Å²) in [5.74, 6) is -0.0508. The summed E-state index contributed by atoms with van der Waals surface area (Å²) in [6, 6.07) is 3.08. The maximum absolute atomic E-state index is 12.7. The van der Waals surface area contributed by atoms with Crippen molar-refractivity contribution in [3.63, 3.8) is 0 Å². The van der Waals surface area contributed by atoms with Gasteiger partial charge in [0.1, 0.15) is 11.6 Å². The largest absolute Gasteiger partial charge is 0.444 e. The van der Waals surface area contributed by atoms with Gasteiger partial charge in [0.2, 0.25) is 5.91 Å². The van der Waals surface area contributed by atoms with E-state index in [0.717, 1.165) is 31.5 Å². The number of carbonyl (C=O) groups excluding carboxylic acids is 2. The lowest BCUT2D eigenvalue weighted by atomic mass is 10.1. The first-order chi connectivity index (χ1) is 10.8. The number of ether oxygens (including phenoxy) is 1. The lowest BCUT2D eigenvalue weighted by Gasteiger charge is -2.26. The molecule has 1 aromatic heterocycles. The average Bonchev–Trinajstić information content (AvgIpc) is 2.99. The van der Waals surface area contributed by atoms with Gasteiger partial charge < -0.3 is 15.0 Å². The molecule has 1 fully saturated rings. The molecular formula is C17H27N3O3S. The Morgan fingerprint density at radius 3 is 2.38 bits per heavy atom. The summed E-state index contributed by atoms with van der Waals surface area (Å²) >= 11 is 0. The molecule has 7 heteroatoms. The predicted molar refractivity (Wildman–Crippen MR) is 97.3 cm³/mol. The minimum atomic E-state index is -0.620. The van der Waals surface area contributed by atoms with E-state index in [1.807, 2.05) is 17.0 Å². The van der Waals surface area contributed by atoms with Gasteiger partial charge in [-0.3, -0.25) is 9.78 Å². The lowest BCUT2D eigenvalue weighted by molar-refractivity contribution is -0.132. The fourth-order valence-corrected chi connectivity index (χ4v) is 2.56. The van der Waals surface area contributed by atoms with Crippen molar-refractivity contribution >= 4 is 25.5 Å². The Kier molecular flexibility index (Phi) is 7.54. The lowest BCUT2D eigenvalue weighted by Crippen LogP contribution is -2.50. The molecule has 1 aromatic rings. The maximum Gasteiger partial charge on any atom is 0.408 e. The molecule has 1 atom stereocenters. The van der Waals surface area contributed by atoms with E-state index in [0.29, 0.717) is 6.42 Å². The van der Waals surface area contributed by atoms with Crippen LogP contribution in [0.25, 0.3) is 0 Å². The zero-order valence-electron chi connectivity index (χ0n) is 14.5. The van der Waals surface area contributed by atoms with E-state index in [4.69, 9.17) is 4.74 Å². The topological polar surface area (TPSA) is 71.5 Å². The number of likely N-dealkylation sites (tertiary alicyclic amines) is 1. The second-order valence-corrected chi connectivity index (χ2v) is 6.79. The van der Waals surface area contributed by atoms with Crippen LogP contribution in [-0.2, 0) is 16.0 Å². The molecule has 0 bridgehead atoms. The molecule has 1 N–H and O–H groups in total. The Balaban J connectivity index is 0.00000288. The Bertz CT molecular complexity index is 540. The van der Waals surface area contributed by atoms with Crippen LogP contribution in [0.2, 0.25) is 0 Å². The van der Waals surface area contributed by atoms with Crippen LogP contribution >= 0.6 is 13.5 Å². The number of carbonyl (C=O) groups is 2. The first kappa shape index (κ1) is 20.3. The fraction of sp³-hybridized carbons (Fsp3) is 0.588. The van der Waals surface area contributed by atoms with Gasteiger partial charge in [0.15, 0.2) is 0 Å². The van der Waals surface area contributed by atoms with Crippen molar-refractivity contribution in [2.45, 2.75) is 51.7 Å². The van der Waals surface area contributed by atoms with E-state index in [9.17, 15) is 9.59 Å². The van der Waals surface area contributed by atoms with Crippen LogP contribution in [0.3, 0.4) is 0 Å². The standard InChI is InChI=1S/C17H25N3O3.H2S/c1-17(2,3)23-16(22)19-14(12-13-6-8-18-9-7-13)15(21)20-10-4-5-11-20;/h6-9,14H,4-5,10-12H2,1-3H3,(H,19,22);1H2/t14-;/m0./s1. The summed E-state index contributed by atoms with van der Waals surface area (Å²) < 4.78 is 5.29. The molecule has 0 saturated carbocycles. The molecule has 6 nitrogen and oxygen atoms in total. The van der Waals surface area contributed by atoms with Gasteiger partial charge >= 0.3 is 6.09 Å². The van der Waals surface area contributed by atoms with Gasteiger partial charge in [-0.2, -0.15) is 13.5 Å². The summed E-state index contributed by atoms with van der Waals surface area (Å²) in [6.45, 7) is 6.90. The van der Waals surface area contributed by atoms with Crippen LogP contribution in [0.1, 0.15) is 39.2 Å².